The number of carbonyl (C=O) groups excluding carboxylic acids is 2. The van der Waals surface area contributed by atoms with E-state index in [9.17, 15) is 9.59 Å². The molecule has 0 spiro atoms. The number of hydrogen-bond donors (Lipinski definition) is 2. The second kappa shape index (κ2) is 7.17. The third-order valence-corrected chi connectivity index (χ3v) is 3.63. The summed E-state index contributed by atoms with van der Waals surface area (Å²) in [4.78, 5) is 33.0. The van der Waals surface area contributed by atoms with Crippen molar-refractivity contribution in [1.82, 2.24) is 20.6 Å². The third kappa shape index (κ3) is 4.03. The van der Waals surface area contributed by atoms with E-state index >= 15 is 0 Å². The highest BCUT2D eigenvalue weighted by Crippen LogP contribution is 2.14. The SMILES string of the molecule is CCCNC(=O)C(C)NC(=O)c1ccc2nc(C)c(C)nc2c1. The average Bonchev–Trinajstić information content (AvgIpc) is 2.53. The van der Waals surface area contributed by atoms with Crippen LogP contribution in [-0.2, 0) is 4.79 Å². The zero-order valence-corrected chi connectivity index (χ0v) is 13.9. The minimum absolute atomic E-state index is 0.188. The molecule has 0 aliphatic carbocycles. The molecule has 1 unspecified atom stereocenters. The smallest absolute Gasteiger partial charge is 0.251 e. The van der Waals surface area contributed by atoms with E-state index in [1.54, 1.807) is 25.1 Å². The second-order valence-corrected chi connectivity index (χ2v) is 5.58. The summed E-state index contributed by atoms with van der Waals surface area (Å²) < 4.78 is 0. The van der Waals surface area contributed by atoms with E-state index in [1.165, 1.54) is 0 Å². The van der Waals surface area contributed by atoms with Crippen LogP contribution in [0.1, 0.15) is 42.0 Å². The number of aryl methyl sites for hydroxylation is 2. The van der Waals surface area contributed by atoms with E-state index in [0.717, 1.165) is 23.3 Å². The largest absolute Gasteiger partial charge is 0.354 e. The molecular formula is C17H22N4O2. The van der Waals surface area contributed by atoms with E-state index < -0.39 is 6.04 Å². The number of amides is 2. The number of fused-ring (bicyclic) bond motifs is 1. The van der Waals surface area contributed by atoms with Crippen molar-refractivity contribution in [2.45, 2.75) is 40.2 Å². The first kappa shape index (κ1) is 16.9. The highest BCUT2D eigenvalue weighted by Gasteiger charge is 2.16. The summed E-state index contributed by atoms with van der Waals surface area (Å²) in [5.74, 6) is -0.488. The van der Waals surface area contributed by atoms with Gasteiger partial charge in [-0.15, -0.1) is 0 Å². The van der Waals surface area contributed by atoms with Gasteiger partial charge >= 0.3 is 0 Å². The summed E-state index contributed by atoms with van der Waals surface area (Å²) in [5.41, 5.74) is 3.59. The molecule has 0 saturated carbocycles. The Morgan fingerprint density at radius 3 is 2.43 bits per heavy atom. The van der Waals surface area contributed by atoms with Crippen LogP contribution < -0.4 is 10.6 Å². The molecule has 23 heavy (non-hydrogen) atoms. The minimum Gasteiger partial charge on any atom is -0.354 e. The number of aromatic nitrogens is 2. The molecule has 1 atom stereocenters. The predicted molar refractivity (Wildman–Crippen MR) is 89.2 cm³/mol. The van der Waals surface area contributed by atoms with Crippen molar-refractivity contribution < 1.29 is 9.59 Å². The van der Waals surface area contributed by atoms with Crippen molar-refractivity contribution in [2.75, 3.05) is 6.54 Å². The lowest BCUT2D eigenvalue weighted by Crippen LogP contribution is -2.45. The maximum absolute atomic E-state index is 12.3. The Morgan fingerprint density at radius 2 is 1.78 bits per heavy atom. The Labute approximate surface area is 135 Å². The van der Waals surface area contributed by atoms with Crippen LogP contribution in [0.4, 0.5) is 0 Å². The van der Waals surface area contributed by atoms with Crippen LogP contribution in [0, 0.1) is 13.8 Å². The van der Waals surface area contributed by atoms with Gasteiger partial charge in [-0.25, -0.2) is 9.97 Å². The van der Waals surface area contributed by atoms with Gasteiger partial charge in [-0.1, -0.05) is 6.92 Å². The molecule has 6 heteroatoms. The van der Waals surface area contributed by atoms with E-state index in [-0.39, 0.29) is 11.8 Å². The zero-order chi connectivity index (χ0) is 17.0. The normalized spacial score (nSPS) is 12.0. The topological polar surface area (TPSA) is 84.0 Å². The van der Waals surface area contributed by atoms with Gasteiger partial charge < -0.3 is 10.6 Å². The average molecular weight is 314 g/mol. The Balaban J connectivity index is 2.14. The number of nitrogens with zero attached hydrogens (tertiary/aromatic N) is 2. The summed E-state index contributed by atoms with van der Waals surface area (Å²) in [5, 5.41) is 5.45. The molecule has 0 saturated heterocycles. The maximum Gasteiger partial charge on any atom is 0.251 e. The number of nitrogens with one attached hydrogen (secondary N) is 2. The monoisotopic (exact) mass is 314 g/mol. The van der Waals surface area contributed by atoms with Crippen molar-refractivity contribution in [3.63, 3.8) is 0 Å². The molecule has 0 aliphatic heterocycles. The van der Waals surface area contributed by atoms with Gasteiger partial charge in [0.1, 0.15) is 6.04 Å². The van der Waals surface area contributed by atoms with Crippen LogP contribution in [0.25, 0.3) is 11.0 Å². The summed E-state index contributed by atoms with van der Waals surface area (Å²) >= 11 is 0. The summed E-state index contributed by atoms with van der Waals surface area (Å²) in [6, 6.07) is 4.57. The molecule has 2 rings (SSSR count). The molecule has 0 bridgehead atoms. The Morgan fingerprint density at radius 1 is 1.13 bits per heavy atom. The van der Waals surface area contributed by atoms with Gasteiger partial charge in [-0.3, -0.25) is 9.59 Å². The van der Waals surface area contributed by atoms with E-state index in [1.807, 2.05) is 20.8 Å². The van der Waals surface area contributed by atoms with Crippen molar-refractivity contribution in [3.8, 4) is 0 Å². The number of hydrogen-bond acceptors (Lipinski definition) is 4. The minimum atomic E-state index is -0.587. The molecular weight excluding hydrogens is 292 g/mol. The molecule has 2 amide bonds. The quantitative estimate of drug-likeness (QED) is 0.882. The molecule has 1 heterocycles. The summed E-state index contributed by atoms with van der Waals surface area (Å²) in [6.07, 6.45) is 0.856. The molecule has 0 fully saturated rings. The standard InChI is InChI=1S/C17H22N4O2/c1-5-8-18-16(22)12(4)21-17(23)13-6-7-14-15(9-13)20-11(3)10(2)19-14/h6-7,9,12H,5,8H2,1-4H3,(H,18,22)(H,21,23). The van der Waals surface area contributed by atoms with Crippen LogP contribution in [0.5, 0.6) is 0 Å². The lowest BCUT2D eigenvalue weighted by atomic mass is 10.1. The van der Waals surface area contributed by atoms with Gasteiger partial charge in [0.15, 0.2) is 0 Å². The van der Waals surface area contributed by atoms with E-state index in [2.05, 4.69) is 20.6 Å². The summed E-state index contributed by atoms with van der Waals surface area (Å²) in [7, 11) is 0. The number of rotatable bonds is 5. The Bertz CT molecular complexity index is 743. The fourth-order valence-corrected chi connectivity index (χ4v) is 2.12. The van der Waals surface area contributed by atoms with Gasteiger partial charge in [0.05, 0.1) is 22.4 Å². The molecule has 0 aliphatic rings. The first-order valence-corrected chi connectivity index (χ1v) is 7.76. The lowest BCUT2D eigenvalue weighted by molar-refractivity contribution is -0.122. The van der Waals surface area contributed by atoms with Gasteiger partial charge in [-0.05, 0) is 45.4 Å². The van der Waals surface area contributed by atoms with Gasteiger partial charge in [0, 0.05) is 12.1 Å². The predicted octanol–water partition coefficient (Wildman–Crippen LogP) is 1.89. The highest BCUT2D eigenvalue weighted by molar-refractivity contribution is 5.99. The van der Waals surface area contributed by atoms with Crippen molar-refractivity contribution >= 4 is 22.8 Å². The second-order valence-electron chi connectivity index (χ2n) is 5.58. The van der Waals surface area contributed by atoms with Crippen LogP contribution in [0.15, 0.2) is 18.2 Å². The van der Waals surface area contributed by atoms with Gasteiger partial charge in [0.25, 0.3) is 5.91 Å². The van der Waals surface area contributed by atoms with Crippen LogP contribution in [0.2, 0.25) is 0 Å². The van der Waals surface area contributed by atoms with E-state index in [4.69, 9.17) is 0 Å². The third-order valence-electron chi connectivity index (χ3n) is 3.63. The maximum atomic E-state index is 12.3. The van der Waals surface area contributed by atoms with Gasteiger partial charge in [0.2, 0.25) is 5.91 Å². The first-order chi connectivity index (χ1) is 10.9. The van der Waals surface area contributed by atoms with Crippen molar-refractivity contribution in [2.24, 2.45) is 0 Å². The molecule has 2 aromatic rings. The van der Waals surface area contributed by atoms with Crippen molar-refractivity contribution in [1.29, 1.82) is 0 Å². The molecule has 1 aromatic heterocycles. The van der Waals surface area contributed by atoms with Crippen LogP contribution >= 0.6 is 0 Å². The fraction of sp³-hybridized carbons (Fsp3) is 0.412. The lowest BCUT2D eigenvalue weighted by Gasteiger charge is -2.14. The Kier molecular flexibility index (Phi) is 5.26. The van der Waals surface area contributed by atoms with Crippen LogP contribution in [0.3, 0.4) is 0 Å². The van der Waals surface area contributed by atoms with E-state index in [0.29, 0.717) is 17.6 Å². The zero-order valence-electron chi connectivity index (χ0n) is 13.9. The van der Waals surface area contributed by atoms with Crippen LogP contribution in [-0.4, -0.2) is 34.4 Å². The molecule has 1 aromatic carbocycles. The molecule has 2 N–H and O–H groups in total. The highest BCUT2D eigenvalue weighted by atomic mass is 16.2. The fourth-order valence-electron chi connectivity index (χ4n) is 2.12. The van der Waals surface area contributed by atoms with Crippen molar-refractivity contribution in [3.05, 3.63) is 35.2 Å². The number of carbonyl (C=O) groups is 2. The Hall–Kier alpha value is -2.50. The molecule has 6 nitrogen and oxygen atoms in total. The van der Waals surface area contributed by atoms with Gasteiger partial charge in [-0.2, -0.15) is 0 Å². The molecule has 122 valence electrons. The number of benzene rings is 1. The summed E-state index contributed by atoms with van der Waals surface area (Å²) in [6.45, 7) is 8.03. The molecule has 0 radical (unpaired) electrons. The first-order valence-electron chi connectivity index (χ1n) is 7.76.